The number of nitrogens with one attached hydrogen (secondary N) is 1. The van der Waals surface area contributed by atoms with Crippen molar-refractivity contribution in [1.82, 2.24) is 10.3 Å². The SMILES string of the molecule is COc1cc(C(=O)NC2CCCCC2)cnc1C(=O)O. The van der Waals surface area contributed by atoms with Gasteiger partial charge in [0.25, 0.3) is 5.91 Å². The Morgan fingerprint density at radius 1 is 1.35 bits per heavy atom. The molecule has 108 valence electrons. The number of carbonyl (C=O) groups excluding carboxylic acids is 1. The van der Waals surface area contributed by atoms with Gasteiger partial charge in [0.05, 0.1) is 12.7 Å². The van der Waals surface area contributed by atoms with Crippen LogP contribution in [0.3, 0.4) is 0 Å². The second kappa shape index (κ2) is 6.36. The molecule has 1 saturated carbocycles. The van der Waals surface area contributed by atoms with E-state index in [2.05, 4.69) is 10.3 Å². The monoisotopic (exact) mass is 278 g/mol. The number of rotatable bonds is 4. The lowest BCUT2D eigenvalue weighted by Gasteiger charge is -2.22. The zero-order valence-electron chi connectivity index (χ0n) is 11.4. The van der Waals surface area contributed by atoms with Crippen molar-refractivity contribution in [3.05, 3.63) is 23.5 Å². The van der Waals surface area contributed by atoms with Crippen molar-refractivity contribution in [2.75, 3.05) is 7.11 Å². The average Bonchev–Trinajstić information content (AvgIpc) is 2.47. The number of hydrogen-bond acceptors (Lipinski definition) is 4. The number of nitrogens with zero attached hydrogens (tertiary/aromatic N) is 1. The first-order chi connectivity index (χ1) is 9.61. The molecule has 1 aliphatic carbocycles. The van der Waals surface area contributed by atoms with E-state index in [1.807, 2.05) is 0 Å². The summed E-state index contributed by atoms with van der Waals surface area (Å²) >= 11 is 0. The number of ether oxygens (including phenoxy) is 1. The van der Waals surface area contributed by atoms with E-state index >= 15 is 0 Å². The molecule has 0 saturated heterocycles. The molecular weight excluding hydrogens is 260 g/mol. The fourth-order valence-electron chi connectivity index (χ4n) is 2.40. The zero-order chi connectivity index (χ0) is 14.5. The normalized spacial score (nSPS) is 15.7. The van der Waals surface area contributed by atoms with Gasteiger partial charge >= 0.3 is 5.97 Å². The summed E-state index contributed by atoms with van der Waals surface area (Å²) < 4.78 is 4.96. The third-order valence-corrected chi connectivity index (χ3v) is 3.48. The van der Waals surface area contributed by atoms with Gasteiger partial charge < -0.3 is 15.2 Å². The first kappa shape index (κ1) is 14.3. The molecule has 1 aliphatic rings. The van der Waals surface area contributed by atoms with Crippen LogP contribution in [0.1, 0.15) is 53.0 Å². The Balaban J connectivity index is 2.11. The number of carboxylic acid groups (broad SMARTS) is 1. The lowest BCUT2D eigenvalue weighted by Crippen LogP contribution is -2.36. The van der Waals surface area contributed by atoms with E-state index in [0.29, 0.717) is 5.56 Å². The molecule has 0 unspecified atom stereocenters. The summed E-state index contributed by atoms with van der Waals surface area (Å²) in [5.41, 5.74) is 0.124. The standard InChI is InChI=1S/C14H18N2O4/c1-20-11-7-9(8-15-12(11)14(18)19)13(17)16-10-5-3-2-4-6-10/h7-8,10H,2-6H2,1H3,(H,16,17)(H,18,19). The van der Waals surface area contributed by atoms with Crippen LogP contribution in [0.15, 0.2) is 12.3 Å². The second-order valence-corrected chi connectivity index (χ2v) is 4.89. The van der Waals surface area contributed by atoms with E-state index in [9.17, 15) is 9.59 Å². The fraction of sp³-hybridized carbons (Fsp3) is 0.500. The molecule has 0 bridgehead atoms. The van der Waals surface area contributed by atoms with Gasteiger partial charge in [-0.3, -0.25) is 4.79 Å². The highest BCUT2D eigenvalue weighted by atomic mass is 16.5. The van der Waals surface area contributed by atoms with Crippen molar-refractivity contribution in [3.63, 3.8) is 0 Å². The molecule has 1 amide bonds. The van der Waals surface area contributed by atoms with E-state index in [-0.39, 0.29) is 23.4 Å². The summed E-state index contributed by atoms with van der Waals surface area (Å²) in [6.45, 7) is 0. The predicted molar refractivity (Wildman–Crippen MR) is 72.1 cm³/mol. The Bertz CT molecular complexity index is 510. The van der Waals surface area contributed by atoms with Crippen LogP contribution in [0.2, 0.25) is 0 Å². The Morgan fingerprint density at radius 2 is 2.05 bits per heavy atom. The van der Waals surface area contributed by atoms with Crippen molar-refractivity contribution >= 4 is 11.9 Å². The molecule has 6 heteroatoms. The maximum Gasteiger partial charge on any atom is 0.358 e. The molecule has 0 atom stereocenters. The maximum atomic E-state index is 12.1. The van der Waals surface area contributed by atoms with Crippen LogP contribution in [-0.4, -0.2) is 35.1 Å². The smallest absolute Gasteiger partial charge is 0.358 e. The minimum absolute atomic E-state index is 0.0915. The van der Waals surface area contributed by atoms with Crippen molar-refractivity contribution in [3.8, 4) is 5.75 Å². The van der Waals surface area contributed by atoms with Crippen molar-refractivity contribution in [1.29, 1.82) is 0 Å². The van der Waals surface area contributed by atoms with Gasteiger partial charge in [-0.2, -0.15) is 0 Å². The summed E-state index contributed by atoms with van der Waals surface area (Å²) in [4.78, 5) is 26.8. The average molecular weight is 278 g/mol. The molecule has 0 spiro atoms. The molecular formula is C14H18N2O4. The fourth-order valence-corrected chi connectivity index (χ4v) is 2.40. The molecule has 1 aromatic heterocycles. The molecule has 6 nitrogen and oxygen atoms in total. The number of methoxy groups -OCH3 is 1. The minimum Gasteiger partial charge on any atom is -0.494 e. The third-order valence-electron chi connectivity index (χ3n) is 3.48. The number of carboxylic acids is 1. The van der Waals surface area contributed by atoms with Crippen LogP contribution in [0.5, 0.6) is 5.75 Å². The number of pyridine rings is 1. The summed E-state index contributed by atoms with van der Waals surface area (Å²) in [5, 5.41) is 11.9. The van der Waals surface area contributed by atoms with Gasteiger partial charge in [-0.05, 0) is 18.9 Å². The summed E-state index contributed by atoms with van der Waals surface area (Å²) in [5.74, 6) is -1.32. The third kappa shape index (κ3) is 3.26. The van der Waals surface area contributed by atoms with Gasteiger partial charge in [0.2, 0.25) is 0 Å². The quantitative estimate of drug-likeness (QED) is 0.877. The van der Waals surface area contributed by atoms with Crippen LogP contribution in [0.25, 0.3) is 0 Å². The minimum atomic E-state index is -1.18. The largest absolute Gasteiger partial charge is 0.494 e. The topological polar surface area (TPSA) is 88.5 Å². The Labute approximate surface area is 117 Å². The summed E-state index contributed by atoms with van der Waals surface area (Å²) in [7, 11) is 1.35. The van der Waals surface area contributed by atoms with Crippen LogP contribution in [0, 0.1) is 0 Å². The molecule has 1 heterocycles. The molecule has 0 aliphatic heterocycles. The summed E-state index contributed by atoms with van der Waals surface area (Å²) in [6, 6.07) is 1.61. The number of aromatic carboxylic acids is 1. The highest BCUT2D eigenvalue weighted by molar-refractivity contribution is 5.96. The molecule has 2 N–H and O–H groups in total. The Morgan fingerprint density at radius 3 is 2.65 bits per heavy atom. The molecule has 1 aromatic rings. The lowest BCUT2D eigenvalue weighted by molar-refractivity contribution is 0.0685. The van der Waals surface area contributed by atoms with Crippen LogP contribution in [0.4, 0.5) is 0 Å². The van der Waals surface area contributed by atoms with Gasteiger partial charge in [0, 0.05) is 12.2 Å². The van der Waals surface area contributed by atoms with Crippen molar-refractivity contribution < 1.29 is 19.4 Å². The van der Waals surface area contributed by atoms with Gasteiger partial charge in [0.15, 0.2) is 11.4 Å². The zero-order valence-corrected chi connectivity index (χ0v) is 11.4. The van der Waals surface area contributed by atoms with Crippen LogP contribution < -0.4 is 10.1 Å². The molecule has 20 heavy (non-hydrogen) atoms. The predicted octanol–water partition coefficient (Wildman–Crippen LogP) is 1.85. The summed E-state index contributed by atoms with van der Waals surface area (Å²) in [6.07, 6.45) is 6.72. The Kier molecular flexibility index (Phi) is 4.55. The van der Waals surface area contributed by atoms with Gasteiger partial charge in [-0.15, -0.1) is 0 Å². The van der Waals surface area contributed by atoms with E-state index in [4.69, 9.17) is 9.84 Å². The lowest BCUT2D eigenvalue weighted by atomic mass is 9.95. The Hall–Kier alpha value is -2.11. The first-order valence-corrected chi connectivity index (χ1v) is 6.70. The number of amides is 1. The second-order valence-electron chi connectivity index (χ2n) is 4.89. The molecule has 1 fully saturated rings. The molecule has 0 radical (unpaired) electrons. The maximum absolute atomic E-state index is 12.1. The first-order valence-electron chi connectivity index (χ1n) is 6.70. The van der Waals surface area contributed by atoms with E-state index in [1.54, 1.807) is 0 Å². The van der Waals surface area contributed by atoms with Gasteiger partial charge in [-0.25, -0.2) is 9.78 Å². The van der Waals surface area contributed by atoms with Crippen LogP contribution in [-0.2, 0) is 0 Å². The van der Waals surface area contributed by atoms with Gasteiger partial charge in [-0.1, -0.05) is 19.3 Å². The number of carbonyl (C=O) groups is 2. The van der Waals surface area contributed by atoms with Crippen LogP contribution >= 0.6 is 0 Å². The van der Waals surface area contributed by atoms with E-state index in [1.165, 1.54) is 25.8 Å². The highest BCUT2D eigenvalue weighted by Crippen LogP contribution is 2.20. The van der Waals surface area contributed by atoms with Crippen molar-refractivity contribution in [2.45, 2.75) is 38.1 Å². The van der Waals surface area contributed by atoms with E-state index < -0.39 is 5.97 Å². The van der Waals surface area contributed by atoms with Gasteiger partial charge in [0.1, 0.15) is 0 Å². The van der Waals surface area contributed by atoms with E-state index in [0.717, 1.165) is 25.7 Å². The molecule has 0 aromatic carbocycles. The number of hydrogen-bond donors (Lipinski definition) is 2. The highest BCUT2D eigenvalue weighted by Gasteiger charge is 2.19. The molecule has 2 rings (SSSR count). The van der Waals surface area contributed by atoms with Crippen molar-refractivity contribution in [2.24, 2.45) is 0 Å². The number of aromatic nitrogens is 1.